The molecule has 15 heavy (non-hydrogen) atoms. The monoisotopic (exact) mass is 241 g/mol. The Morgan fingerprint density at radius 3 is 2.93 bits per heavy atom. The van der Waals surface area contributed by atoms with Gasteiger partial charge in [0.1, 0.15) is 16.5 Å². The maximum atomic E-state index is 5.77. The van der Waals surface area contributed by atoms with E-state index in [9.17, 15) is 0 Å². The number of nitrogens with zero attached hydrogens (tertiary/aromatic N) is 4. The van der Waals surface area contributed by atoms with Crippen molar-refractivity contribution >= 4 is 29.1 Å². The molecule has 0 bridgehead atoms. The second kappa shape index (κ2) is 4.08. The van der Waals surface area contributed by atoms with E-state index in [0.717, 1.165) is 5.16 Å². The van der Waals surface area contributed by atoms with Crippen molar-refractivity contribution < 1.29 is 0 Å². The molecule has 0 saturated carbocycles. The number of hydrogen-bond donors (Lipinski definition) is 1. The van der Waals surface area contributed by atoms with Crippen LogP contribution in [-0.2, 0) is 7.05 Å². The molecule has 0 spiro atoms. The van der Waals surface area contributed by atoms with Crippen LogP contribution in [0.2, 0.25) is 5.15 Å². The van der Waals surface area contributed by atoms with Crippen LogP contribution in [0, 0.1) is 0 Å². The van der Waals surface area contributed by atoms with Crippen molar-refractivity contribution in [1.29, 1.82) is 0 Å². The van der Waals surface area contributed by atoms with Gasteiger partial charge in [-0.3, -0.25) is 0 Å². The molecule has 0 unspecified atom stereocenters. The molecule has 2 aromatic heterocycles. The van der Waals surface area contributed by atoms with Crippen molar-refractivity contribution in [2.24, 2.45) is 7.05 Å². The molecule has 0 aromatic carbocycles. The van der Waals surface area contributed by atoms with Crippen LogP contribution >= 0.6 is 23.4 Å². The topological polar surface area (TPSA) is 69.6 Å². The molecule has 0 aliphatic heterocycles. The Morgan fingerprint density at radius 2 is 2.27 bits per heavy atom. The highest BCUT2D eigenvalue weighted by Crippen LogP contribution is 2.29. The minimum Gasteiger partial charge on any atom is -0.397 e. The van der Waals surface area contributed by atoms with Gasteiger partial charge in [0.2, 0.25) is 0 Å². The maximum Gasteiger partial charge on any atom is 0.192 e. The zero-order valence-corrected chi connectivity index (χ0v) is 9.46. The fourth-order valence-corrected chi connectivity index (χ4v) is 1.95. The van der Waals surface area contributed by atoms with E-state index in [1.807, 2.05) is 0 Å². The number of nitrogen functional groups attached to an aromatic ring is 1. The zero-order valence-electron chi connectivity index (χ0n) is 7.88. The maximum absolute atomic E-state index is 5.77. The summed E-state index contributed by atoms with van der Waals surface area (Å²) in [5.74, 6) is 0. The Labute approximate surface area is 95.7 Å². The summed E-state index contributed by atoms with van der Waals surface area (Å²) >= 11 is 7.10. The van der Waals surface area contributed by atoms with Gasteiger partial charge in [0, 0.05) is 7.05 Å². The number of aryl methyl sites for hydroxylation is 1. The SMILES string of the molecule is Cn1ncnc1Sc1nc(Cl)ccc1N. The second-order valence-electron chi connectivity index (χ2n) is 2.80. The third-order valence-electron chi connectivity index (χ3n) is 1.71. The van der Waals surface area contributed by atoms with Gasteiger partial charge in [0.15, 0.2) is 5.16 Å². The van der Waals surface area contributed by atoms with Crippen LogP contribution in [0.4, 0.5) is 5.69 Å². The van der Waals surface area contributed by atoms with E-state index < -0.39 is 0 Å². The van der Waals surface area contributed by atoms with Gasteiger partial charge in [-0.15, -0.1) is 0 Å². The summed E-state index contributed by atoms with van der Waals surface area (Å²) in [5, 5.41) is 5.72. The molecule has 2 rings (SSSR count). The van der Waals surface area contributed by atoms with E-state index in [2.05, 4.69) is 15.1 Å². The minimum atomic E-state index is 0.411. The molecular weight excluding hydrogens is 234 g/mol. The molecule has 5 nitrogen and oxygen atoms in total. The lowest BCUT2D eigenvalue weighted by Crippen LogP contribution is -1.96. The molecule has 0 aliphatic rings. The highest BCUT2D eigenvalue weighted by molar-refractivity contribution is 7.99. The van der Waals surface area contributed by atoms with Crippen LogP contribution in [0.15, 0.2) is 28.6 Å². The number of nitrogens with two attached hydrogens (primary N) is 1. The Kier molecular flexibility index (Phi) is 2.79. The average molecular weight is 242 g/mol. The summed E-state index contributed by atoms with van der Waals surface area (Å²) < 4.78 is 1.65. The first-order chi connectivity index (χ1) is 7.16. The number of anilines is 1. The van der Waals surface area contributed by atoms with Crippen LogP contribution in [0.5, 0.6) is 0 Å². The van der Waals surface area contributed by atoms with Gasteiger partial charge in [-0.1, -0.05) is 11.6 Å². The molecule has 78 valence electrons. The van der Waals surface area contributed by atoms with Crippen LogP contribution < -0.4 is 5.73 Å². The van der Waals surface area contributed by atoms with Crippen LogP contribution in [0.3, 0.4) is 0 Å². The summed E-state index contributed by atoms with van der Waals surface area (Å²) in [6.07, 6.45) is 1.48. The van der Waals surface area contributed by atoms with Crippen molar-refractivity contribution in [1.82, 2.24) is 19.7 Å². The van der Waals surface area contributed by atoms with Gasteiger partial charge in [-0.25, -0.2) is 14.6 Å². The van der Waals surface area contributed by atoms with Crippen molar-refractivity contribution in [2.75, 3.05) is 5.73 Å². The lowest BCUT2D eigenvalue weighted by molar-refractivity contribution is 0.684. The third-order valence-corrected chi connectivity index (χ3v) is 3.00. The third kappa shape index (κ3) is 2.21. The largest absolute Gasteiger partial charge is 0.397 e. The van der Waals surface area contributed by atoms with Crippen molar-refractivity contribution in [3.05, 3.63) is 23.6 Å². The first-order valence-electron chi connectivity index (χ1n) is 4.10. The van der Waals surface area contributed by atoms with Crippen molar-refractivity contribution in [2.45, 2.75) is 10.2 Å². The Morgan fingerprint density at radius 1 is 1.47 bits per heavy atom. The number of halogens is 1. The Bertz CT molecular complexity index is 484. The van der Waals surface area contributed by atoms with E-state index in [-0.39, 0.29) is 0 Å². The predicted octanol–water partition coefficient (Wildman–Crippen LogP) is 1.60. The first-order valence-corrected chi connectivity index (χ1v) is 5.30. The highest BCUT2D eigenvalue weighted by Gasteiger charge is 2.08. The normalized spacial score (nSPS) is 10.5. The summed E-state index contributed by atoms with van der Waals surface area (Å²) in [4.78, 5) is 8.17. The Balaban J connectivity index is 2.32. The van der Waals surface area contributed by atoms with Crippen LogP contribution in [-0.4, -0.2) is 19.7 Å². The summed E-state index contributed by atoms with van der Waals surface area (Å²) in [5.41, 5.74) is 6.33. The molecule has 0 fully saturated rings. The number of pyridine rings is 1. The fourth-order valence-electron chi connectivity index (χ4n) is 0.975. The standard InChI is InChI=1S/C8H8ClN5S/c1-14-8(11-4-12-14)15-7-5(10)2-3-6(9)13-7/h2-4H,10H2,1H3. The van der Waals surface area contributed by atoms with E-state index >= 15 is 0 Å². The molecule has 0 amide bonds. The van der Waals surface area contributed by atoms with Gasteiger partial charge in [-0.2, -0.15) is 5.10 Å². The molecule has 7 heteroatoms. The van der Waals surface area contributed by atoms with E-state index in [1.54, 1.807) is 23.9 Å². The van der Waals surface area contributed by atoms with Gasteiger partial charge in [0.05, 0.1) is 5.69 Å². The van der Waals surface area contributed by atoms with Crippen molar-refractivity contribution in [3.63, 3.8) is 0 Å². The fraction of sp³-hybridized carbons (Fsp3) is 0.125. The van der Waals surface area contributed by atoms with E-state index in [0.29, 0.717) is 15.9 Å². The molecular formula is C8H8ClN5S. The summed E-state index contributed by atoms with van der Waals surface area (Å²) in [6.45, 7) is 0. The van der Waals surface area contributed by atoms with E-state index in [4.69, 9.17) is 17.3 Å². The highest BCUT2D eigenvalue weighted by atomic mass is 35.5. The summed E-state index contributed by atoms with van der Waals surface area (Å²) in [6, 6.07) is 3.37. The van der Waals surface area contributed by atoms with Gasteiger partial charge < -0.3 is 5.73 Å². The van der Waals surface area contributed by atoms with Crippen molar-refractivity contribution in [3.8, 4) is 0 Å². The average Bonchev–Trinajstić information content (AvgIpc) is 2.58. The van der Waals surface area contributed by atoms with Gasteiger partial charge in [0.25, 0.3) is 0 Å². The van der Waals surface area contributed by atoms with Crippen LogP contribution in [0.1, 0.15) is 0 Å². The molecule has 0 saturated heterocycles. The van der Waals surface area contributed by atoms with Gasteiger partial charge >= 0.3 is 0 Å². The Hall–Kier alpha value is -1.27. The number of aromatic nitrogens is 4. The van der Waals surface area contributed by atoms with Gasteiger partial charge in [-0.05, 0) is 23.9 Å². The number of rotatable bonds is 2. The van der Waals surface area contributed by atoms with E-state index in [1.165, 1.54) is 18.1 Å². The second-order valence-corrected chi connectivity index (χ2v) is 4.14. The molecule has 0 atom stereocenters. The molecule has 2 N–H and O–H groups in total. The first kappa shape index (κ1) is 10.3. The summed E-state index contributed by atoms with van der Waals surface area (Å²) in [7, 11) is 1.80. The molecule has 0 radical (unpaired) electrons. The molecule has 0 aliphatic carbocycles. The number of hydrogen-bond acceptors (Lipinski definition) is 5. The smallest absolute Gasteiger partial charge is 0.192 e. The minimum absolute atomic E-state index is 0.411. The zero-order chi connectivity index (χ0) is 10.8. The quantitative estimate of drug-likeness (QED) is 0.809. The van der Waals surface area contributed by atoms with Crippen LogP contribution in [0.25, 0.3) is 0 Å². The lowest BCUT2D eigenvalue weighted by atomic mass is 10.4. The molecule has 2 aromatic rings. The molecule has 2 heterocycles. The predicted molar refractivity (Wildman–Crippen MR) is 58.8 cm³/mol. The lowest BCUT2D eigenvalue weighted by Gasteiger charge is -2.03.